The van der Waals surface area contributed by atoms with E-state index in [0.717, 1.165) is 5.56 Å². The molecule has 2 aromatic rings. The Labute approximate surface area is 197 Å². The monoisotopic (exact) mass is 498 g/mol. The maximum absolute atomic E-state index is 13.1. The summed E-state index contributed by atoms with van der Waals surface area (Å²) < 4.78 is 38.5. The number of carbonyl (C=O) groups is 1. The van der Waals surface area contributed by atoms with Gasteiger partial charge in [0.2, 0.25) is 15.9 Å². The van der Waals surface area contributed by atoms with Crippen LogP contribution in [0.25, 0.3) is 0 Å². The molecule has 0 bridgehead atoms. The topological polar surface area (TPSA) is 84.9 Å². The van der Waals surface area contributed by atoms with Crippen LogP contribution in [0, 0.1) is 5.92 Å². The Bertz CT molecular complexity index is 1120. The van der Waals surface area contributed by atoms with E-state index in [1.165, 1.54) is 16.4 Å². The summed E-state index contributed by atoms with van der Waals surface area (Å²) in [5.41, 5.74) is 0.781. The summed E-state index contributed by atoms with van der Waals surface area (Å²) in [5, 5.41) is 4.00. The number of carbonyl (C=O) groups excluding carboxylic acids is 1. The maximum Gasteiger partial charge on any atom is 0.243 e. The fraction of sp³-hybridized carbons (Fsp3) is 0.409. The number of ether oxygens (including phenoxy) is 2. The number of nitrogens with zero attached hydrogens (tertiary/aromatic N) is 1. The molecule has 2 aliphatic rings. The predicted octanol–water partition coefficient (Wildman–Crippen LogP) is 4.04. The molecule has 0 spiro atoms. The first-order valence-electron chi connectivity index (χ1n) is 10.4. The normalized spacial score (nSPS) is 18.2. The summed E-state index contributed by atoms with van der Waals surface area (Å²) in [6, 6.07) is 9.52. The van der Waals surface area contributed by atoms with Crippen LogP contribution in [0.5, 0.6) is 11.5 Å². The number of hydrogen-bond donors (Lipinski definition) is 1. The molecule has 1 N–H and O–H groups in total. The van der Waals surface area contributed by atoms with Gasteiger partial charge in [-0.3, -0.25) is 4.79 Å². The molecule has 1 atom stereocenters. The second kappa shape index (κ2) is 9.47. The van der Waals surface area contributed by atoms with Crippen molar-refractivity contribution in [3.63, 3.8) is 0 Å². The summed E-state index contributed by atoms with van der Waals surface area (Å²) in [5.74, 6) is 0.595. The van der Waals surface area contributed by atoms with Crippen LogP contribution in [0.1, 0.15) is 31.4 Å². The Balaban J connectivity index is 1.37. The average molecular weight is 499 g/mol. The Morgan fingerprint density at radius 1 is 1.06 bits per heavy atom. The van der Waals surface area contributed by atoms with Gasteiger partial charge < -0.3 is 14.8 Å². The summed E-state index contributed by atoms with van der Waals surface area (Å²) in [4.78, 5) is 12.9. The van der Waals surface area contributed by atoms with Crippen molar-refractivity contribution in [3.05, 3.63) is 52.0 Å². The van der Waals surface area contributed by atoms with Gasteiger partial charge in [-0.2, -0.15) is 4.31 Å². The minimum Gasteiger partial charge on any atom is -0.486 e. The van der Waals surface area contributed by atoms with Crippen LogP contribution in [0.4, 0.5) is 0 Å². The second-order valence-corrected chi connectivity index (χ2v) is 10.7. The largest absolute Gasteiger partial charge is 0.486 e. The van der Waals surface area contributed by atoms with Crippen molar-refractivity contribution in [2.75, 3.05) is 26.3 Å². The molecule has 2 aromatic carbocycles. The third-order valence-electron chi connectivity index (χ3n) is 5.76. The summed E-state index contributed by atoms with van der Waals surface area (Å²) >= 11 is 12.2. The van der Waals surface area contributed by atoms with Gasteiger partial charge in [0.25, 0.3) is 0 Å². The Morgan fingerprint density at radius 2 is 1.75 bits per heavy atom. The van der Waals surface area contributed by atoms with E-state index in [4.69, 9.17) is 32.7 Å². The Morgan fingerprint density at radius 3 is 2.44 bits per heavy atom. The van der Waals surface area contributed by atoms with Crippen LogP contribution >= 0.6 is 23.2 Å². The lowest BCUT2D eigenvalue weighted by atomic mass is 9.96. The lowest BCUT2D eigenvalue weighted by Crippen LogP contribution is -2.43. The van der Waals surface area contributed by atoms with E-state index in [9.17, 15) is 13.2 Å². The molecule has 2 aliphatic heterocycles. The van der Waals surface area contributed by atoms with E-state index in [0.29, 0.717) is 47.6 Å². The van der Waals surface area contributed by atoms with Gasteiger partial charge in [-0.05, 0) is 49.6 Å². The molecule has 0 saturated carbocycles. The summed E-state index contributed by atoms with van der Waals surface area (Å²) in [7, 11) is -3.68. The third-order valence-corrected chi connectivity index (χ3v) is 8.22. The zero-order valence-electron chi connectivity index (χ0n) is 17.5. The number of hydrogen-bond acceptors (Lipinski definition) is 5. The molecule has 7 nitrogen and oxygen atoms in total. The quantitative estimate of drug-likeness (QED) is 0.672. The second-order valence-electron chi connectivity index (χ2n) is 7.88. The molecule has 4 rings (SSSR count). The number of amides is 1. The smallest absolute Gasteiger partial charge is 0.243 e. The third kappa shape index (κ3) is 4.83. The SMILES string of the molecule is C[C@H](NC(=O)C1CCN(S(=O)(=O)c2ccc3c(c2)OCCO3)CC1)c1ccc(Cl)cc1Cl. The van der Waals surface area contributed by atoms with Crippen LogP contribution in [0.3, 0.4) is 0 Å². The van der Waals surface area contributed by atoms with Crippen LogP contribution < -0.4 is 14.8 Å². The fourth-order valence-electron chi connectivity index (χ4n) is 3.95. The van der Waals surface area contributed by atoms with Gasteiger partial charge in [0.1, 0.15) is 13.2 Å². The van der Waals surface area contributed by atoms with Crippen molar-refractivity contribution in [2.45, 2.75) is 30.7 Å². The Kier molecular flexibility index (Phi) is 6.86. The summed E-state index contributed by atoms with van der Waals surface area (Å²) in [6.45, 7) is 3.22. The minimum atomic E-state index is -3.68. The molecule has 0 unspecified atom stereocenters. The Hall–Kier alpha value is -2.00. The molecule has 0 radical (unpaired) electrons. The molecule has 172 valence electrons. The van der Waals surface area contributed by atoms with E-state index < -0.39 is 10.0 Å². The molecule has 0 aliphatic carbocycles. The minimum absolute atomic E-state index is 0.111. The average Bonchev–Trinajstić information content (AvgIpc) is 2.78. The van der Waals surface area contributed by atoms with Gasteiger partial charge in [-0.25, -0.2) is 8.42 Å². The van der Waals surface area contributed by atoms with Gasteiger partial charge in [-0.1, -0.05) is 29.3 Å². The maximum atomic E-state index is 13.1. The zero-order valence-corrected chi connectivity index (χ0v) is 19.8. The highest BCUT2D eigenvalue weighted by Crippen LogP contribution is 2.34. The molecule has 10 heteroatoms. The van der Waals surface area contributed by atoms with E-state index in [1.807, 2.05) is 6.92 Å². The molecular weight excluding hydrogens is 475 g/mol. The van der Waals surface area contributed by atoms with Crippen molar-refractivity contribution >= 4 is 39.1 Å². The number of rotatable bonds is 5. The first kappa shape index (κ1) is 23.2. The molecule has 2 heterocycles. The van der Waals surface area contributed by atoms with Gasteiger partial charge in [-0.15, -0.1) is 0 Å². The van der Waals surface area contributed by atoms with Crippen molar-refractivity contribution in [1.82, 2.24) is 9.62 Å². The van der Waals surface area contributed by atoms with Gasteiger partial charge in [0.05, 0.1) is 10.9 Å². The first-order valence-corrected chi connectivity index (χ1v) is 12.6. The van der Waals surface area contributed by atoms with E-state index in [-0.39, 0.29) is 35.9 Å². The summed E-state index contributed by atoms with van der Waals surface area (Å²) in [6.07, 6.45) is 0.882. The molecule has 1 fully saturated rings. The fourth-order valence-corrected chi connectivity index (χ4v) is 6.01. The molecule has 1 amide bonds. The highest BCUT2D eigenvalue weighted by atomic mass is 35.5. The zero-order chi connectivity index (χ0) is 22.9. The van der Waals surface area contributed by atoms with Crippen LogP contribution in [0.2, 0.25) is 10.0 Å². The van der Waals surface area contributed by atoms with E-state index in [1.54, 1.807) is 24.3 Å². The first-order chi connectivity index (χ1) is 15.3. The number of fused-ring (bicyclic) bond motifs is 1. The van der Waals surface area contributed by atoms with Crippen molar-refractivity contribution < 1.29 is 22.7 Å². The lowest BCUT2D eigenvalue weighted by molar-refractivity contribution is -0.126. The lowest BCUT2D eigenvalue weighted by Gasteiger charge is -2.31. The van der Waals surface area contributed by atoms with Gasteiger partial charge in [0, 0.05) is 35.1 Å². The molecule has 1 saturated heterocycles. The van der Waals surface area contributed by atoms with E-state index >= 15 is 0 Å². The van der Waals surface area contributed by atoms with Crippen molar-refractivity contribution in [3.8, 4) is 11.5 Å². The van der Waals surface area contributed by atoms with Crippen molar-refractivity contribution in [2.24, 2.45) is 5.92 Å². The van der Waals surface area contributed by atoms with Crippen molar-refractivity contribution in [1.29, 1.82) is 0 Å². The predicted molar refractivity (Wildman–Crippen MR) is 122 cm³/mol. The standard InChI is InChI=1S/C22H24Cl2N2O5S/c1-14(18-4-2-16(23)12-19(18)24)25-22(27)15-6-8-26(9-7-15)32(28,29)17-3-5-20-21(13-17)31-11-10-30-20/h2-5,12-15H,6-11H2,1H3,(H,25,27)/t14-/m0/s1. The van der Waals surface area contributed by atoms with Crippen LogP contribution in [0.15, 0.2) is 41.3 Å². The van der Waals surface area contributed by atoms with Gasteiger partial charge >= 0.3 is 0 Å². The number of piperidine rings is 1. The van der Waals surface area contributed by atoms with Crippen LogP contribution in [-0.2, 0) is 14.8 Å². The highest BCUT2D eigenvalue weighted by Gasteiger charge is 2.33. The highest BCUT2D eigenvalue weighted by molar-refractivity contribution is 7.89. The molecule has 32 heavy (non-hydrogen) atoms. The van der Waals surface area contributed by atoms with Crippen LogP contribution in [-0.4, -0.2) is 44.9 Å². The van der Waals surface area contributed by atoms with E-state index in [2.05, 4.69) is 5.32 Å². The van der Waals surface area contributed by atoms with Gasteiger partial charge in [0.15, 0.2) is 11.5 Å². The molecule has 0 aromatic heterocycles. The number of nitrogens with one attached hydrogen (secondary N) is 1. The number of sulfonamides is 1. The molecular formula is C22H24Cl2N2O5S. The number of halogens is 2. The number of benzene rings is 2.